The first-order valence-corrected chi connectivity index (χ1v) is 11.6. The zero-order valence-corrected chi connectivity index (χ0v) is 18.3. The molecular formula is C25H45N. The number of nitrogens with zero attached hydrogens (tertiary/aromatic N) is 1. The van der Waals surface area contributed by atoms with Gasteiger partial charge in [-0.05, 0) is 43.4 Å². The zero-order chi connectivity index (χ0) is 19.0. The Kier molecular flexibility index (Phi) is 13.4. The maximum absolute atomic E-state index is 2.70. The van der Waals surface area contributed by atoms with E-state index in [-0.39, 0.29) is 0 Å². The SMILES string of the molecule is CCCCCCCCN(CCCCCCCC)c1cccc(C)c1CC. The average molecular weight is 360 g/mol. The fraction of sp³-hybridized carbons (Fsp3) is 0.760. The summed E-state index contributed by atoms with van der Waals surface area (Å²) < 4.78 is 0. The first kappa shape index (κ1) is 23.1. The second kappa shape index (κ2) is 15.1. The summed E-state index contributed by atoms with van der Waals surface area (Å²) in [6.45, 7) is 11.6. The summed E-state index contributed by atoms with van der Waals surface area (Å²) >= 11 is 0. The average Bonchev–Trinajstić information content (AvgIpc) is 2.65. The second-order valence-electron chi connectivity index (χ2n) is 7.95. The van der Waals surface area contributed by atoms with Gasteiger partial charge < -0.3 is 4.90 Å². The summed E-state index contributed by atoms with van der Waals surface area (Å²) in [5.41, 5.74) is 4.53. The minimum atomic E-state index is 1.14. The van der Waals surface area contributed by atoms with Crippen LogP contribution in [0.4, 0.5) is 5.69 Å². The molecule has 0 atom stereocenters. The van der Waals surface area contributed by atoms with Gasteiger partial charge in [-0.2, -0.15) is 0 Å². The molecule has 1 nitrogen and oxygen atoms in total. The third-order valence-corrected chi connectivity index (χ3v) is 5.64. The first-order chi connectivity index (χ1) is 12.7. The molecule has 1 aromatic rings. The van der Waals surface area contributed by atoms with Crippen molar-refractivity contribution in [3.05, 3.63) is 29.3 Å². The third kappa shape index (κ3) is 9.10. The molecule has 0 unspecified atom stereocenters. The van der Waals surface area contributed by atoms with Gasteiger partial charge >= 0.3 is 0 Å². The fourth-order valence-corrected chi connectivity index (χ4v) is 3.96. The Morgan fingerprint density at radius 2 is 1.15 bits per heavy atom. The normalized spacial score (nSPS) is 11.1. The summed E-state index contributed by atoms with van der Waals surface area (Å²) in [4.78, 5) is 2.70. The van der Waals surface area contributed by atoms with Crippen LogP contribution in [-0.4, -0.2) is 13.1 Å². The van der Waals surface area contributed by atoms with E-state index in [1.807, 2.05) is 0 Å². The Balaban J connectivity index is 2.56. The largest absolute Gasteiger partial charge is 0.371 e. The van der Waals surface area contributed by atoms with Crippen molar-refractivity contribution in [3.63, 3.8) is 0 Å². The summed E-state index contributed by atoms with van der Waals surface area (Å²) in [6, 6.07) is 6.88. The van der Waals surface area contributed by atoms with E-state index in [9.17, 15) is 0 Å². The summed E-state index contributed by atoms with van der Waals surface area (Å²) in [7, 11) is 0. The monoisotopic (exact) mass is 359 g/mol. The van der Waals surface area contributed by atoms with Crippen molar-refractivity contribution in [1.29, 1.82) is 0 Å². The van der Waals surface area contributed by atoms with Gasteiger partial charge in [-0.3, -0.25) is 0 Å². The lowest BCUT2D eigenvalue weighted by Gasteiger charge is -2.28. The predicted molar refractivity (Wildman–Crippen MR) is 120 cm³/mol. The molecule has 0 saturated carbocycles. The Labute approximate surface area is 164 Å². The number of hydrogen-bond donors (Lipinski definition) is 0. The highest BCUT2D eigenvalue weighted by molar-refractivity contribution is 5.56. The van der Waals surface area contributed by atoms with Crippen molar-refractivity contribution in [2.75, 3.05) is 18.0 Å². The van der Waals surface area contributed by atoms with Gasteiger partial charge in [0.2, 0.25) is 0 Å². The number of rotatable bonds is 16. The number of unbranched alkanes of at least 4 members (excludes halogenated alkanes) is 10. The summed E-state index contributed by atoms with van der Waals surface area (Å²) in [5.74, 6) is 0. The van der Waals surface area contributed by atoms with E-state index in [0.29, 0.717) is 0 Å². The molecule has 0 N–H and O–H groups in total. The van der Waals surface area contributed by atoms with Gasteiger partial charge in [0.05, 0.1) is 0 Å². The predicted octanol–water partition coefficient (Wildman–Crippen LogP) is 8.08. The zero-order valence-electron chi connectivity index (χ0n) is 18.3. The van der Waals surface area contributed by atoms with Crippen molar-refractivity contribution >= 4 is 5.69 Å². The molecule has 1 heteroatoms. The van der Waals surface area contributed by atoms with E-state index in [1.54, 1.807) is 5.56 Å². The second-order valence-corrected chi connectivity index (χ2v) is 7.95. The van der Waals surface area contributed by atoms with Crippen LogP contribution < -0.4 is 4.90 Å². The van der Waals surface area contributed by atoms with Crippen molar-refractivity contribution < 1.29 is 0 Å². The molecule has 0 amide bonds. The number of anilines is 1. The van der Waals surface area contributed by atoms with Gasteiger partial charge in [-0.15, -0.1) is 0 Å². The standard InChI is InChI=1S/C25H45N/c1-5-8-10-12-14-16-21-26(22-17-15-13-11-9-6-2)25-20-18-19-23(4)24(25)7-3/h18-20H,5-17,21-22H2,1-4H3. The molecule has 0 aromatic heterocycles. The lowest BCUT2D eigenvalue weighted by molar-refractivity contribution is 0.574. The number of aryl methyl sites for hydroxylation is 1. The molecule has 0 heterocycles. The van der Waals surface area contributed by atoms with E-state index in [4.69, 9.17) is 0 Å². The van der Waals surface area contributed by atoms with Gasteiger partial charge in [0.15, 0.2) is 0 Å². The van der Waals surface area contributed by atoms with E-state index in [0.717, 1.165) is 6.42 Å². The Morgan fingerprint density at radius 1 is 0.654 bits per heavy atom. The molecular weight excluding hydrogens is 314 g/mol. The molecule has 26 heavy (non-hydrogen) atoms. The molecule has 0 aliphatic heterocycles. The van der Waals surface area contributed by atoms with Crippen LogP contribution in [0.3, 0.4) is 0 Å². The van der Waals surface area contributed by atoms with Crippen LogP contribution in [-0.2, 0) is 6.42 Å². The van der Waals surface area contributed by atoms with E-state index >= 15 is 0 Å². The maximum Gasteiger partial charge on any atom is 0.0401 e. The van der Waals surface area contributed by atoms with Crippen LogP contribution in [0.2, 0.25) is 0 Å². The van der Waals surface area contributed by atoms with Crippen molar-refractivity contribution in [2.24, 2.45) is 0 Å². The first-order valence-electron chi connectivity index (χ1n) is 11.6. The van der Waals surface area contributed by atoms with Crippen molar-refractivity contribution in [2.45, 2.75) is 111 Å². The highest BCUT2D eigenvalue weighted by atomic mass is 15.1. The molecule has 0 fully saturated rings. The van der Waals surface area contributed by atoms with Crippen LogP contribution >= 0.6 is 0 Å². The Morgan fingerprint density at radius 3 is 1.65 bits per heavy atom. The molecule has 0 aliphatic rings. The van der Waals surface area contributed by atoms with Crippen LogP contribution in [0.5, 0.6) is 0 Å². The molecule has 0 saturated heterocycles. The lowest BCUT2D eigenvalue weighted by Crippen LogP contribution is -2.27. The Bertz CT molecular complexity index is 435. The highest BCUT2D eigenvalue weighted by Crippen LogP contribution is 2.25. The molecule has 0 bridgehead atoms. The molecule has 1 rings (SSSR count). The minimum Gasteiger partial charge on any atom is -0.371 e. The number of benzene rings is 1. The van der Waals surface area contributed by atoms with Gasteiger partial charge in [-0.25, -0.2) is 0 Å². The van der Waals surface area contributed by atoms with Gasteiger partial charge in [-0.1, -0.05) is 97.1 Å². The van der Waals surface area contributed by atoms with E-state index in [2.05, 4.69) is 50.8 Å². The van der Waals surface area contributed by atoms with Gasteiger partial charge in [0, 0.05) is 18.8 Å². The van der Waals surface area contributed by atoms with Crippen LogP contribution in [0.15, 0.2) is 18.2 Å². The van der Waals surface area contributed by atoms with Gasteiger partial charge in [0.25, 0.3) is 0 Å². The summed E-state index contributed by atoms with van der Waals surface area (Å²) in [5, 5.41) is 0. The quantitative estimate of drug-likeness (QED) is 0.270. The van der Waals surface area contributed by atoms with E-state index in [1.165, 1.54) is 101 Å². The molecule has 0 spiro atoms. The van der Waals surface area contributed by atoms with Crippen LogP contribution in [0.1, 0.15) is 109 Å². The third-order valence-electron chi connectivity index (χ3n) is 5.64. The lowest BCUT2D eigenvalue weighted by atomic mass is 10.0. The van der Waals surface area contributed by atoms with Crippen LogP contribution in [0.25, 0.3) is 0 Å². The van der Waals surface area contributed by atoms with Crippen molar-refractivity contribution in [3.8, 4) is 0 Å². The molecule has 1 aromatic carbocycles. The topological polar surface area (TPSA) is 3.24 Å². The number of hydrogen-bond acceptors (Lipinski definition) is 1. The summed E-state index contributed by atoms with van der Waals surface area (Å²) in [6.07, 6.45) is 17.7. The Hall–Kier alpha value is -0.980. The van der Waals surface area contributed by atoms with Gasteiger partial charge in [0.1, 0.15) is 0 Å². The van der Waals surface area contributed by atoms with Crippen molar-refractivity contribution in [1.82, 2.24) is 0 Å². The van der Waals surface area contributed by atoms with Crippen LogP contribution in [0, 0.1) is 6.92 Å². The smallest absolute Gasteiger partial charge is 0.0401 e. The fourth-order valence-electron chi connectivity index (χ4n) is 3.96. The molecule has 150 valence electrons. The maximum atomic E-state index is 2.70. The minimum absolute atomic E-state index is 1.14. The van der Waals surface area contributed by atoms with E-state index < -0.39 is 0 Å². The molecule has 0 radical (unpaired) electrons. The molecule has 0 aliphatic carbocycles. The highest BCUT2D eigenvalue weighted by Gasteiger charge is 2.11.